The third-order valence-electron chi connectivity index (χ3n) is 5.15. The van der Waals surface area contributed by atoms with Gasteiger partial charge in [0.05, 0.1) is 22.4 Å². The normalized spacial score (nSPS) is 10.7. The molecule has 0 unspecified atom stereocenters. The van der Waals surface area contributed by atoms with E-state index in [1.165, 1.54) is 48.7 Å². The van der Waals surface area contributed by atoms with Gasteiger partial charge in [0.15, 0.2) is 6.61 Å². The number of hydrazone groups is 1. The summed E-state index contributed by atoms with van der Waals surface area (Å²) in [6, 6.07) is 23.3. The van der Waals surface area contributed by atoms with Gasteiger partial charge >= 0.3 is 11.9 Å². The van der Waals surface area contributed by atoms with Crippen LogP contribution in [0.15, 0.2) is 96.1 Å². The van der Waals surface area contributed by atoms with E-state index in [2.05, 4.69) is 10.5 Å². The molecule has 1 amide bonds. The highest BCUT2D eigenvalue weighted by Gasteiger charge is 2.15. The van der Waals surface area contributed by atoms with Gasteiger partial charge in [-0.15, -0.1) is 0 Å². The molecule has 0 aliphatic heterocycles. The van der Waals surface area contributed by atoms with Crippen molar-refractivity contribution in [1.82, 2.24) is 5.43 Å². The largest absolute Gasteiger partial charge is 0.482 e. The first-order chi connectivity index (χ1) is 19.3. The van der Waals surface area contributed by atoms with Crippen LogP contribution in [0.5, 0.6) is 17.2 Å². The molecule has 0 bridgehead atoms. The van der Waals surface area contributed by atoms with Gasteiger partial charge in [0.2, 0.25) is 0 Å². The maximum Gasteiger partial charge on any atom is 0.343 e. The van der Waals surface area contributed by atoms with E-state index in [1.54, 1.807) is 48.5 Å². The molecule has 0 heterocycles. The first-order valence-corrected chi connectivity index (χ1v) is 12.7. The molecule has 0 radical (unpaired) electrons. The monoisotopic (exact) mass is 596 g/mol. The fourth-order valence-corrected chi connectivity index (χ4v) is 3.62. The number of nitrogens with zero attached hydrogens (tertiary/aromatic N) is 1. The fourth-order valence-electron chi connectivity index (χ4n) is 3.18. The first kappa shape index (κ1) is 28.6. The minimum absolute atomic E-state index is 0.0201. The van der Waals surface area contributed by atoms with E-state index in [4.69, 9.17) is 49.0 Å². The van der Waals surface area contributed by atoms with Gasteiger partial charge in [0, 0.05) is 21.7 Å². The van der Waals surface area contributed by atoms with Crippen molar-refractivity contribution in [2.75, 3.05) is 6.61 Å². The van der Waals surface area contributed by atoms with Gasteiger partial charge in [-0.05, 0) is 72.8 Å². The van der Waals surface area contributed by atoms with Gasteiger partial charge in [-0.25, -0.2) is 15.0 Å². The van der Waals surface area contributed by atoms with E-state index in [0.717, 1.165) is 0 Å². The number of ether oxygens (including phenoxy) is 3. The number of carbonyl (C=O) groups excluding carboxylic acids is 3. The Hall–Kier alpha value is -4.37. The van der Waals surface area contributed by atoms with Crippen molar-refractivity contribution in [3.05, 3.63) is 123 Å². The van der Waals surface area contributed by atoms with Gasteiger partial charge in [0.25, 0.3) is 5.91 Å². The Morgan fingerprint density at radius 2 is 1.32 bits per heavy atom. The molecule has 4 rings (SSSR count). The Bertz CT molecular complexity index is 1560. The zero-order valence-corrected chi connectivity index (χ0v) is 22.7. The average molecular weight is 598 g/mol. The summed E-state index contributed by atoms with van der Waals surface area (Å²) in [5, 5.41) is 5.20. The zero-order chi connectivity index (χ0) is 28.5. The standard InChI is InChI=1S/C29H19Cl3N2O6/c30-21-10-5-18(6-11-21)28(36)39-23-14-9-20(26(15-23)40-29(37)19-7-12-22(31)13-8-19)16-33-34-27(35)17-38-25-4-2-1-3-24(25)32/h1-16H,17H2,(H,34,35)/b33-16+. The Morgan fingerprint density at radius 1 is 0.725 bits per heavy atom. The van der Waals surface area contributed by atoms with Crippen LogP contribution < -0.4 is 19.6 Å². The predicted octanol–water partition coefficient (Wildman–Crippen LogP) is 6.61. The summed E-state index contributed by atoms with van der Waals surface area (Å²) >= 11 is 17.8. The van der Waals surface area contributed by atoms with Gasteiger partial charge in [-0.2, -0.15) is 5.10 Å². The molecule has 0 aromatic heterocycles. The lowest BCUT2D eigenvalue weighted by Gasteiger charge is -2.11. The van der Waals surface area contributed by atoms with Gasteiger partial charge in [0.1, 0.15) is 17.2 Å². The molecule has 4 aromatic carbocycles. The summed E-state index contributed by atoms with van der Waals surface area (Å²) in [4.78, 5) is 37.5. The zero-order valence-electron chi connectivity index (χ0n) is 20.5. The Morgan fingerprint density at radius 3 is 1.95 bits per heavy atom. The maximum atomic E-state index is 12.8. The number of para-hydroxylation sites is 1. The Balaban J connectivity index is 1.49. The molecule has 11 heteroatoms. The lowest BCUT2D eigenvalue weighted by atomic mass is 10.2. The second-order valence-corrected chi connectivity index (χ2v) is 9.28. The molecule has 4 aromatic rings. The van der Waals surface area contributed by atoms with Crippen molar-refractivity contribution in [1.29, 1.82) is 0 Å². The number of hydrogen-bond acceptors (Lipinski definition) is 7. The minimum Gasteiger partial charge on any atom is -0.482 e. The topological polar surface area (TPSA) is 103 Å². The third kappa shape index (κ3) is 8.07. The van der Waals surface area contributed by atoms with E-state index in [9.17, 15) is 14.4 Å². The van der Waals surface area contributed by atoms with E-state index >= 15 is 0 Å². The van der Waals surface area contributed by atoms with Crippen molar-refractivity contribution < 1.29 is 28.6 Å². The van der Waals surface area contributed by atoms with Gasteiger partial charge in [-0.3, -0.25) is 4.79 Å². The molecular formula is C29H19Cl3N2O6. The molecule has 0 saturated carbocycles. The Kier molecular flexibility index (Phi) is 9.75. The number of nitrogens with one attached hydrogen (secondary N) is 1. The summed E-state index contributed by atoms with van der Waals surface area (Å²) < 4.78 is 16.4. The van der Waals surface area contributed by atoms with Crippen LogP contribution in [0.1, 0.15) is 26.3 Å². The summed E-state index contributed by atoms with van der Waals surface area (Å²) in [7, 11) is 0. The molecule has 1 N–H and O–H groups in total. The number of carbonyl (C=O) groups is 3. The van der Waals surface area contributed by atoms with Crippen LogP contribution in [-0.2, 0) is 4.79 Å². The van der Waals surface area contributed by atoms with Crippen LogP contribution in [0.2, 0.25) is 15.1 Å². The van der Waals surface area contributed by atoms with E-state index in [1.807, 2.05) is 0 Å². The maximum absolute atomic E-state index is 12.8. The van der Waals surface area contributed by atoms with Crippen molar-refractivity contribution >= 4 is 58.9 Å². The molecule has 0 saturated heterocycles. The summed E-state index contributed by atoms with van der Waals surface area (Å²) in [5.74, 6) is -1.41. The molecule has 0 atom stereocenters. The van der Waals surface area contributed by atoms with E-state index in [0.29, 0.717) is 26.4 Å². The number of hydrogen-bond donors (Lipinski definition) is 1. The van der Waals surface area contributed by atoms with Crippen LogP contribution in [0.3, 0.4) is 0 Å². The van der Waals surface area contributed by atoms with E-state index in [-0.39, 0.29) is 29.2 Å². The SMILES string of the molecule is O=C(COc1ccccc1Cl)N/N=C/c1ccc(OC(=O)c2ccc(Cl)cc2)cc1OC(=O)c1ccc(Cl)cc1. The minimum atomic E-state index is -0.690. The third-order valence-corrected chi connectivity index (χ3v) is 5.96. The van der Waals surface area contributed by atoms with E-state index < -0.39 is 17.8 Å². The molecule has 0 aliphatic rings. The lowest BCUT2D eigenvalue weighted by Crippen LogP contribution is -2.24. The van der Waals surface area contributed by atoms with Crippen LogP contribution in [0.4, 0.5) is 0 Å². The highest BCUT2D eigenvalue weighted by atomic mass is 35.5. The molecular weight excluding hydrogens is 579 g/mol. The summed E-state index contributed by atoms with van der Waals surface area (Å²) in [6.07, 6.45) is 1.27. The second-order valence-electron chi connectivity index (χ2n) is 8.00. The highest BCUT2D eigenvalue weighted by molar-refractivity contribution is 6.32. The molecule has 0 spiro atoms. The van der Waals surface area contributed by atoms with Crippen molar-refractivity contribution in [2.24, 2.45) is 5.10 Å². The number of esters is 2. The molecule has 0 aliphatic carbocycles. The molecule has 0 fully saturated rings. The highest BCUT2D eigenvalue weighted by Crippen LogP contribution is 2.26. The fraction of sp³-hybridized carbons (Fsp3) is 0.0345. The smallest absolute Gasteiger partial charge is 0.343 e. The summed E-state index contributed by atoms with van der Waals surface area (Å²) in [6.45, 7) is -0.334. The number of benzene rings is 4. The van der Waals surface area contributed by atoms with Crippen LogP contribution in [-0.4, -0.2) is 30.7 Å². The van der Waals surface area contributed by atoms with Crippen LogP contribution in [0.25, 0.3) is 0 Å². The quantitative estimate of drug-likeness (QED) is 0.101. The van der Waals surface area contributed by atoms with Crippen molar-refractivity contribution in [3.8, 4) is 17.2 Å². The predicted molar refractivity (Wildman–Crippen MR) is 152 cm³/mol. The second kappa shape index (κ2) is 13.6. The number of amides is 1. The number of halogens is 3. The summed E-state index contributed by atoms with van der Waals surface area (Å²) in [5.41, 5.74) is 3.14. The Labute approximate surface area is 244 Å². The van der Waals surface area contributed by atoms with Crippen LogP contribution in [0, 0.1) is 0 Å². The van der Waals surface area contributed by atoms with Crippen LogP contribution >= 0.6 is 34.8 Å². The number of rotatable bonds is 9. The van der Waals surface area contributed by atoms with Gasteiger partial charge in [-0.1, -0.05) is 46.9 Å². The molecule has 202 valence electrons. The average Bonchev–Trinajstić information content (AvgIpc) is 2.94. The van der Waals surface area contributed by atoms with Crippen molar-refractivity contribution in [2.45, 2.75) is 0 Å². The van der Waals surface area contributed by atoms with Gasteiger partial charge < -0.3 is 14.2 Å². The molecule has 40 heavy (non-hydrogen) atoms. The molecule has 8 nitrogen and oxygen atoms in total. The van der Waals surface area contributed by atoms with Crippen molar-refractivity contribution in [3.63, 3.8) is 0 Å². The lowest BCUT2D eigenvalue weighted by molar-refractivity contribution is -0.123. The first-order valence-electron chi connectivity index (χ1n) is 11.6.